The smallest absolute Gasteiger partial charge is 0.307 e. The van der Waals surface area contributed by atoms with Crippen LogP contribution < -0.4 is 22.2 Å². The Kier molecular flexibility index (Phi) is 15.1. The summed E-state index contributed by atoms with van der Waals surface area (Å²) in [7, 11) is 7.94. The van der Waals surface area contributed by atoms with Gasteiger partial charge >= 0.3 is 5.97 Å². The number of fused-ring (bicyclic) bond motifs is 2. The molecule has 0 radical (unpaired) electrons. The Morgan fingerprint density at radius 3 is 1.56 bits per heavy atom. The number of amides is 1. The van der Waals surface area contributed by atoms with Gasteiger partial charge in [-0.2, -0.15) is 0 Å². The van der Waals surface area contributed by atoms with Gasteiger partial charge < -0.3 is 35.1 Å². The molecule has 55 heavy (non-hydrogen) atoms. The second-order valence-corrected chi connectivity index (χ2v) is 14.1. The van der Waals surface area contributed by atoms with E-state index in [1.54, 1.807) is 21.4 Å². The predicted molar refractivity (Wildman–Crippen MR) is 224 cm³/mol. The lowest BCUT2D eigenvalue weighted by Gasteiger charge is -2.13. The zero-order valence-electron chi connectivity index (χ0n) is 32.6. The molecule has 0 aliphatic rings. The van der Waals surface area contributed by atoms with Crippen LogP contribution in [0.1, 0.15) is 22.3 Å². The molecule has 6 aromatic rings. The van der Waals surface area contributed by atoms with Gasteiger partial charge in [0.25, 0.3) is 11.1 Å². The van der Waals surface area contributed by atoms with Crippen molar-refractivity contribution in [3.05, 3.63) is 152 Å². The first-order chi connectivity index (χ1) is 26.2. The summed E-state index contributed by atoms with van der Waals surface area (Å²) < 4.78 is 3.43. The molecule has 4 N–H and O–H groups in total. The second-order valence-electron chi connectivity index (χ2n) is 14.1. The molecule has 0 unspecified atom stereocenters. The van der Waals surface area contributed by atoms with Crippen LogP contribution in [0.2, 0.25) is 0 Å². The lowest BCUT2D eigenvalue weighted by Crippen LogP contribution is -2.26. The molecule has 11 nitrogen and oxygen atoms in total. The van der Waals surface area contributed by atoms with E-state index >= 15 is 0 Å². The maximum Gasteiger partial charge on any atom is 0.307 e. The van der Waals surface area contributed by atoms with E-state index < -0.39 is 5.97 Å². The number of aryl methyl sites for hydroxylation is 2. The molecule has 0 spiro atoms. The fourth-order valence-electron chi connectivity index (χ4n) is 5.70. The van der Waals surface area contributed by atoms with Crippen LogP contribution in [-0.2, 0) is 35.5 Å². The van der Waals surface area contributed by atoms with Crippen molar-refractivity contribution in [2.75, 3.05) is 52.3 Å². The largest absolute Gasteiger partial charge is 0.481 e. The average Bonchev–Trinajstić information content (AvgIpc) is 3.14. The summed E-state index contributed by atoms with van der Waals surface area (Å²) in [5.74, 6) is -0.878. The SMILES string of the molecule is CN(C)CCn1ccc2c(N)cccc2c1=O.Cc1ccc(CC(=O)Nc2cccc3c(=O)n(CCN(C)C)ccc23)cc1.Cc1ccc(CC(=O)O)cc1. The van der Waals surface area contributed by atoms with Crippen molar-refractivity contribution in [1.29, 1.82) is 0 Å². The van der Waals surface area contributed by atoms with Crippen molar-refractivity contribution in [1.82, 2.24) is 18.9 Å². The first-order valence-corrected chi connectivity index (χ1v) is 18.1. The number of carbonyl (C=O) groups excluding carboxylic acids is 1. The summed E-state index contributed by atoms with van der Waals surface area (Å²) in [6, 6.07) is 30.1. The fourth-order valence-corrected chi connectivity index (χ4v) is 5.70. The molecular weight excluding hydrogens is 693 g/mol. The number of carbonyl (C=O) groups is 2. The topological polar surface area (TPSA) is 143 Å². The Balaban J connectivity index is 0.000000204. The highest BCUT2D eigenvalue weighted by Crippen LogP contribution is 2.21. The van der Waals surface area contributed by atoms with Gasteiger partial charge in [-0.3, -0.25) is 19.2 Å². The summed E-state index contributed by atoms with van der Waals surface area (Å²) in [4.78, 5) is 51.7. The number of likely N-dealkylation sites (N-methyl/N-ethyl adjacent to an activating group) is 2. The number of carboxylic acids is 1. The number of rotatable bonds is 11. The van der Waals surface area contributed by atoms with Crippen LogP contribution >= 0.6 is 0 Å². The molecule has 0 atom stereocenters. The highest BCUT2D eigenvalue weighted by molar-refractivity contribution is 6.02. The van der Waals surface area contributed by atoms with Gasteiger partial charge in [-0.05, 0) is 89.6 Å². The van der Waals surface area contributed by atoms with Crippen molar-refractivity contribution in [2.24, 2.45) is 0 Å². The third-order valence-electron chi connectivity index (χ3n) is 8.88. The minimum atomic E-state index is -0.783. The van der Waals surface area contributed by atoms with Crippen molar-refractivity contribution in [3.8, 4) is 0 Å². The predicted octanol–water partition coefficient (Wildman–Crippen LogP) is 5.82. The molecule has 0 aliphatic carbocycles. The summed E-state index contributed by atoms with van der Waals surface area (Å²) >= 11 is 0. The fraction of sp³-hybridized carbons (Fsp3) is 0.273. The second kappa shape index (κ2) is 19.9. The Morgan fingerprint density at radius 1 is 0.618 bits per heavy atom. The van der Waals surface area contributed by atoms with E-state index in [9.17, 15) is 19.2 Å². The van der Waals surface area contributed by atoms with Gasteiger partial charge in [-0.15, -0.1) is 0 Å². The highest BCUT2D eigenvalue weighted by atomic mass is 16.4. The molecule has 0 saturated heterocycles. The minimum Gasteiger partial charge on any atom is -0.481 e. The summed E-state index contributed by atoms with van der Waals surface area (Å²) in [6.45, 7) is 6.95. The van der Waals surface area contributed by atoms with Crippen molar-refractivity contribution in [2.45, 2.75) is 39.8 Å². The number of anilines is 2. The van der Waals surface area contributed by atoms with E-state index in [1.807, 2.05) is 144 Å². The molecule has 11 heteroatoms. The van der Waals surface area contributed by atoms with E-state index in [0.717, 1.165) is 40.6 Å². The molecular formula is C44H52N6O5. The first kappa shape index (κ1) is 41.7. The van der Waals surface area contributed by atoms with Gasteiger partial charge in [0.15, 0.2) is 0 Å². The molecule has 2 aromatic heterocycles. The van der Waals surface area contributed by atoms with Crippen molar-refractivity contribution >= 4 is 44.8 Å². The van der Waals surface area contributed by atoms with Crippen LogP contribution in [0.3, 0.4) is 0 Å². The third kappa shape index (κ3) is 12.5. The summed E-state index contributed by atoms with van der Waals surface area (Å²) in [6.07, 6.45) is 4.02. The van der Waals surface area contributed by atoms with Crippen LogP contribution in [0.25, 0.3) is 21.5 Å². The number of carboxylic acid groups (broad SMARTS) is 1. The number of benzene rings is 4. The van der Waals surface area contributed by atoms with E-state index in [-0.39, 0.29) is 23.4 Å². The van der Waals surface area contributed by atoms with Crippen molar-refractivity contribution in [3.63, 3.8) is 0 Å². The lowest BCUT2D eigenvalue weighted by atomic mass is 10.1. The van der Waals surface area contributed by atoms with E-state index in [0.29, 0.717) is 41.7 Å². The standard InChI is InChI=1S/C22H25N3O2.C13H17N3O.C9H10O2/c1-16-7-9-17(10-8-16)15-21(26)23-20-6-4-5-19-18(20)11-12-25(22(19)27)14-13-24(2)3;1-15(2)8-9-16-7-6-10-11(13(16)17)4-3-5-12(10)14;1-7-2-4-8(5-3-7)6-9(10)11/h4-12H,13-15H2,1-3H3,(H,23,26);3-7H,8-9,14H2,1-2H3;2-5H,6H2,1H3,(H,10,11). The molecule has 0 saturated carbocycles. The maximum atomic E-state index is 12.7. The van der Waals surface area contributed by atoms with Gasteiger partial charge in [0.2, 0.25) is 5.91 Å². The lowest BCUT2D eigenvalue weighted by molar-refractivity contribution is -0.136. The number of hydrogen-bond acceptors (Lipinski definition) is 7. The number of nitrogens with two attached hydrogens (primary N) is 1. The number of aromatic nitrogens is 2. The molecule has 4 aromatic carbocycles. The summed E-state index contributed by atoms with van der Waals surface area (Å²) in [5, 5.41) is 14.3. The number of pyridine rings is 2. The zero-order chi connectivity index (χ0) is 40.1. The number of nitrogen functional groups attached to an aromatic ring is 1. The number of nitrogens with one attached hydrogen (secondary N) is 1. The number of hydrogen-bond donors (Lipinski definition) is 3. The average molecular weight is 745 g/mol. The quantitative estimate of drug-likeness (QED) is 0.141. The summed E-state index contributed by atoms with van der Waals surface area (Å²) in [5.41, 5.74) is 11.3. The minimum absolute atomic E-state index is 0.0247. The monoisotopic (exact) mass is 744 g/mol. The van der Waals surface area contributed by atoms with Crippen LogP contribution in [0, 0.1) is 13.8 Å². The van der Waals surface area contributed by atoms with Crippen LogP contribution in [-0.4, -0.2) is 77.2 Å². The van der Waals surface area contributed by atoms with Crippen LogP contribution in [0.5, 0.6) is 0 Å². The Hall–Kier alpha value is -6.04. The molecule has 2 heterocycles. The zero-order valence-corrected chi connectivity index (χ0v) is 32.6. The molecule has 0 bridgehead atoms. The molecule has 0 fully saturated rings. The molecule has 6 rings (SSSR count). The van der Waals surface area contributed by atoms with Gasteiger partial charge in [0, 0.05) is 71.5 Å². The third-order valence-corrected chi connectivity index (χ3v) is 8.88. The highest BCUT2D eigenvalue weighted by Gasteiger charge is 2.10. The molecule has 288 valence electrons. The molecule has 1 amide bonds. The van der Waals surface area contributed by atoms with E-state index in [2.05, 4.69) is 10.2 Å². The van der Waals surface area contributed by atoms with Gasteiger partial charge in [-0.25, -0.2) is 0 Å². The number of aliphatic carboxylic acids is 1. The Labute approximate surface area is 322 Å². The Morgan fingerprint density at radius 2 is 1.07 bits per heavy atom. The van der Waals surface area contributed by atoms with Crippen LogP contribution in [0.4, 0.5) is 11.4 Å². The first-order valence-electron chi connectivity index (χ1n) is 18.1. The molecule has 0 aliphatic heterocycles. The van der Waals surface area contributed by atoms with Crippen LogP contribution in [0.15, 0.2) is 119 Å². The Bertz CT molecular complexity index is 2330. The van der Waals surface area contributed by atoms with Gasteiger partial charge in [-0.1, -0.05) is 71.8 Å². The maximum absolute atomic E-state index is 12.7. The van der Waals surface area contributed by atoms with E-state index in [1.165, 1.54) is 5.56 Å². The van der Waals surface area contributed by atoms with E-state index in [4.69, 9.17) is 10.8 Å². The van der Waals surface area contributed by atoms with Crippen molar-refractivity contribution < 1.29 is 14.7 Å². The van der Waals surface area contributed by atoms with Gasteiger partial charge in [0.05, 0.1) is 12.8 Å². The normalized spacial score (nSPS) is 10.8. The van der Waals surface area contributed by atoms with Gasteiger partial charge in [0.1, 0.15) is 0 Å². The number of nitrogens with zero attached hydrogens (tertiary/aromatic N) is 4.